The van der Waals surface area contributed by atoms with Crippen molar-refractivity contribution in [2.24, 2.45) is 23.2 Å². The lowest BCUT2D eigenvalue weighted by atomic mass is 9.75. The van der Waals surface area contributed by atoms with Crippen molar-refractivity contribution in [2.75, 3.05) is 26.2 Å². The van der Waals surface area contributed by atoms with Gasteiger partial charge in [0.25, 0.3) is 0 Å². The molecule has 1 saturated heterocycles. The van der Waals surface area contributed by atoms with E-state index in [2.05, 4.69) is 58.7 Å². The lowest BCUT2D eigenvalue weighted by molar-refractivity contribution is 0.0654. The van der Waals surface area contributed by atoms with Crippen molar-refractivity contribution in [3.63, 3.8) is 0 Å². The standard InChI is InChI=1S/C18H38N2/c1-14(2)12-19-13-17(15(3)4)20-10-8-16(9-11-20)18(5,6)7/h14-17,19H,8-13H2,1-7H3. The Hall–Kier alpha value is -0.0800. The van der Waals surface area contributed by atoms with Gasteiger partial charge in [-0.05, 0) is 55.6 Å². The van der Waals surface area contributed by atoms with Gasteiger partial charge in [0.15, 0.2) is 0 Å². The average Bonchev–Trinajstić information content (AvgIpc) is 2.33. The van der Waals surface area contributed by atoms with E-state index >= 15 is 0 Å². The zero-order valence-corrected chi connectivity index (χ0v) is 15.0. The monoisotopic (exact) mass is 282 g/mol. The average molecular weight is 283 g/mol. The van der Waals surface area contributed by atoms with E-state index in [1.54, 1.807) is 0 Å². The number of likely N-dealkylation sites (tertiary alicyclic amines) is 1. The summed E-state index contributed by atoms with van der Waals surface area (Å²) in [5, 5.41) is 3.66. The van der Waals surface area contributed by atoms with Crippen molar-refractivity contribution >= 4 is 0 Å². The highest BCUT2D eigenvalue weighted by atomic mass is 15.2. The Bertz CT molecular complexity index is 257. The third-order valence-corrected chi connectivity index (χ3v) is 4.90. The number of rotatable bonds is 6. The van der Waals surface area contributed by atoms with Crippen LogP contribution < -0.4 is 5.32 Å². The molecule has 1 unspecified atom stereocenters. The highest BCUT2D eigenvalue weighted by molar-refractivity contribution is 4.85. The Morgan fingerprint density at radius 1 is 1.00 bits per heavy atom. The Kier molecular flexibility index (Phi) is 7.00. The molecule has 0 bridgehead atoms. The molecule has 0 amide bonds. The first-order valence-corrected chi connectivity index (χ1v) is 8.66. The van der Waals surface area contributed by atoms with Gasteiger partial charge in [-0.2, -0.15) is 0 Å². The second-order valence-electron chi connectivity index (χ2n) is 8.54. The number of hydrogen-bond donors (Lipinski definition) is 1. The van der Waals surface area contributed by atoms with Crippen molar-refractivity contribution in [1.82, 2.24) is 10.2 Å². The summed E-state index contributed by atoms with van der Waals surface area (Å²) in [6, 6.07) is 0.703. The molecule has 1 atom stereocenters. The molecule has 0 aromatic heterocycles. The Morgan fingerprint density at radius 3 is 1.95 bits per heavy atom. The van der Waals surface area contributed by atoms with Crippen LogP contribution in [0, 0.1) is 23.2 Å². The minimum atomic E-state index is 0.481. The van der Waals surface area contributed by atoms with Gasteiger partial charge in [-0.1, -0.05) is 48.5 Å². The lowest BCUT2D eigenvalue weighted by Crippen LogP contribution is -2.50. The van der Waals surface area contributed by atoms with E-state index in [9.17, 15) is 0 Å². The SMILES string of the molecule is CC(C)CNCC(C(C)C)N1CCC(C(C)(C)C)CC1. The topological polar surface area (TPSA) is 15.3 Å². The van der Waals surface area contributed by atoms with Crippen LogP contribution in [-0.4, -0.2) is 37.1 Å². The molecule has 1 aliphatic heterocycles. The molecule has 1 rings (SSSR count). The van der Waals surface area contributed by atoms with Crippen LogP contribution in [0.5, 0.6) is 0 Å². The summed E-state index contributed by atoms with van der Waals surface area (Å²) < 4.78 is 0. The fourth-order valence-corrected chi connectivity index (χ4v) is 3.40. The van der Waals surface area contributed by atoms with E-state index in [0.29, 0.717) is 11.5 Å². The van der Waals surface area contributed by atoms with Crippen LogP contribution in [-0.2, 0) is 0 Å². The fraction of sp³-hybridized carbons (Fsp3) is 1.00. The van der Waals surface area contributed by atoms with Gasteiger partial charge in [0.05, 0.1) is 0 Å². The third kappa shape index (κ3) is 5.73. The van der Waals surface area contributed by atoms with Gasteiger partial charge in [0.2, 0.25) is 0 Å². The largest absolute Gasteiger partial charge is 0.315 e. The molecule has 0 aromatic carbocycles. The maximum absolute atomic E-state index is 3.66. The molecule has 0 aromatic rings. The molecule has 1 N–H and O–H groups in total. The van der Waals surface area contributed by atoms with Crippen LogP contribution in [0.3, 0.4) is 0 Å². The van der Waals surface area contributed by atoms with Crippen molar-refractivity contribution < 1.29 is 0 Å². The van der Waals surface area contributed by atoms with E-state index < -0.39 is 0 Å². The molecule has 0 spiro atoms. The van der Waals surface area contributed by atoms with Crippen molar-refractivity contribution in [3.8, 4) is 0 Å². The summed E-state index contributed by atoms with van der Waals surface area (Å²) in [4.78, 5) is 2.74. The van der Waals surface area contributed by atoms with Crippen molar-refractivity contribution in [2.45, 2.75) is 67.3 Å². The highest BCUT2D eigenvalue weighted by Gasteiger charge is 2.31. The first-order valence-electron chi connectivity index (χ1n) is 8.66. The van der Waals surface area contributed by atoms with Crippen LogP contribution in [0.15, 0.2) is 0 Å². The molecule has 0 saturated carbocycles. The van der Waals surface area contributed by atoms with E-state index in [1.165, 1.54) is 25.9 Å². The molecule has 1 fully saturated rings. The fourth-order valence-electron chi connectivity index (χ4n) is 3.40. The van der Waals surface area contributed by atoms with Gasteiger partial charge in [-0.15, -0.1) is 0 Å². The summed E-state index contributed by atoms with van der Waals surface area (Å²) in [5.74, 6) is 2.38. The smallest absolute Gasteiger partial charge is 0.0243 e. The normalized spacial score (nSPS) is 20.9. The molecule has 0 aliphatic carbocycles. The first kappa shape index (κ1) is 18.0. The molecule has 0 radical (unpaired) electrons. The summed E-state index contributed by atoms with van der Waals surface area (Å²) >= 11 is 0. The van der Waals surface area contributed by atoms with Gasteiger partial charge in [-0.25, -0.2) is 0 Å². The second-order valence-corrected chi connectivity index (χ2v) is 8.54. The van der Waals surface area contributed by atoms with E-state index in [1.807, 2.05) is 0 Å². The Labute approximate surface area is 127 Å². The minimum Gasteiger partial charge on any atom is -0.315 e. The Morgan fingerprint density at radius 2 is 1.55 bits per heavy atom. The zero-order chi connectivity index (χ0) is 15.3. The first-order chi connectivity index (χ1) is 9.21. The predicted octanol–water partition coefficient (Wildman–Crippen LogP) is 4.01. The van der Waals surface area contributed by atoms with Gasteiger partial charge < -0.3 is 5.32 Å². The maximum atomic E-state index is 3.66. The number of nitrogens with one attached hydrogen (secondary N) is 1. The molecule has 1 heterocycles. The van der Waals surface area contributed by atoms with Crippen LogP contribution in [0.1, 0.15) is 61.3 Å². The van der Waals surface area contributed by atoms with Gasteiger partial charge in [0, 0.05) is 12.6 Å². The van der Waals surface area contributed by atoms with E-state index in [0.717, 1.165) is 30.8 Å². The molecule has 120 valence electrons. The summed E-state index contributed by atoms with van der Waals surface area (Å²) in [6.45, 7) is 21.4. The Balaban J connectivity index is 2.45. The third-order valence-electron chi connectivity index (χ3n) is 4.90. The quantitative estimate of drug-likeness (QED) is 0.791. The van der Waals surface area contributed by atoms with Crippen LogP contribution in [0.4, 0.5) is 0 Å². The molecule has 1 aliphatic rings. The van der Waals surface area contributed by atoms with Crippen LogP contribution in [0.2, 0.25) is 0 Å². The molecule has 2 nitrogen and oxygen atoms in total. The summed E-state index contributed by atoms with van der Waals surface area (Å²) in [7, 11) is 0. The van der Waals surface area contributed by atoms with E-state index in [4.69, 9.17) is 0 Å². The highest BCUT2D eigenvalue weighted by Crippen LogP contribution is 2.35. The maximum Gasteiger partial charge on any atom is 0.0243 e. The second kappa shape index (κ2) is 7.79. The molecule has 20 heavy (non-hydrogen) atoms. The summed E-state index contributed by atoms with van der Waals surface area (Å²) in [6.07, 6.45) is 2.74. The van der Waals surface area contributed by atoms with Gasteiger partial charge in [-0.3, -0.25) is 4.90 Å². The van der Waals surface area contributed by atoms with Crippen LogP contribution >= 0.6 is 0 Å². The molecular formula is C18H38N2. The minimum absolute atomic E-state index is 0.481. The van der Waals surface area contributed by atoms with Crippen LogP contribution in [0.25, 0.3) is 0 Å². The molecule has 2 heteroatoms. The van der Waals surface area contributed by atoms with E-state index in [-0.39, 0.29) is 0 Å². The van der Waals surface area contributed by atoms with Gasteiger partial charge in [0.1, 0.15) is 0 Å². The van der Waals surface area contributed by atoms with Crippen molar-refractivity contribution in [1.29, 1.82) is 0 Å². The number of piperidine rings is 1. The zero-order valence-electron chi connectivity index (χ0n) is 15.0. The predicted molar refractivity (Wildman–Crippen MR) is 90.1 cm³/mol. The summed E-state index contributed by atoms with van der Waals surface area (Å²) in [5.41, 5.74) is 0.481. The lowest BCUT2D eigenvalue weighted by Gasteiger charge is -2.43. The van der Waals surface area contributed by atoms with Crippen molar-refractivity contribution in [3.05, 3.63) is 0 Å². The van der Waals surface area contributed by atoms with Gasteiger partial charge >= 0.3 is 0 Å². The number of nitrogens with zero attached hydrogens (tertiary/aromatic N) is 1. The molecular weight excluding hydrogens is 244 g/mol. The number of hydrogen-bond acceptors (Lipinski definition) is 2.